The molecule has 0 aromatic heterocycles. The highest BCUT2D eigenvalue weighted by Crippen LogP contribution is 2.24. The van der Waals surface area contributed by atoms with E-state index in [1.54, 1.807) is 13.8 Å². The van der Waals surface area contributed by atoms with Crippen LogP contribution in [0, 0.1) is 0 Å². The Labute approximate surface area is 86.9 Å². The Morgan fingerprint density at radius 2 is 1.85 bits per heavy atom. The lowest BCUT2D eigenvalue weighted by Crippen LogP contribution is -2.40. The molecule has 0 heterocycles. The van der Waals surface area contributed by atoms with Crippen LogP contribution in [0.3, 0.4) is 0 Å². The zero-order valence-corrected chi connectivity index (χ0v) is 9.38. The van der Waals surface area contributed by atoms with Crippen molar-refractivity contribution < 1.29 is 5.11 Å². The summed E-state index contributed by atoms with van der Waals surface area (Å²) in [4.78, 5) is 0. The van der Waals surface area contributed by atoms with Gasteiger partial charge in [-0.15, -0.1) is 0 Å². The third-order valence-electron chi connectivity index (χ3n) is 2.32. The maximum absolute atomic E-state index is 10.0. The molecule has 2 atom stereocenters. The van der Waals surface area contributed by atoms with Crippen molar-refractivity contribution in [1.29, 1.82) is 0 Å². The zero-order valence-electron chi connectivity index (χ0n) is 7.79. The first-order chi connectivity index (χ1) is 5.94. The van der Waals surface area contributed by atoms with Gasteiger partial charge in [-0.3, -0.25) is 0 Å². The molecule has 13 heavy (non-hydrogen) atoms. The Hall–Kier alpha value is -0.380. The van der Waals surface area contributed by atoms with E-state index in [1.165, 1.54) is 0 Å². The third kappa shape index (κ3) is 2.30. The van der Waals surface area contributed by atoms with Crippen LogP contribution in [0.2, 0.25) is 0 Å². The molecule has 1 aromatic carbocycles. The van der Waals surface area contributed by atoms with E-state index in [2.05, 4.69) is 15.9 Å². The Bertz CT molecular complexity index is 279. The van der Waals surface area contributed by atoms with Crippen LogP contribution in [0.15, 0.2) is 28.7 Å². The summed E-state index contributed by atoms with van der Waals surface area (Å²) in [5.74, 6) is 0. The summed E-state index contributed by atoms with van der Waals surface area (Å²) in [6, 6.07) is 7.24. The molecule has 0 radical (unpaired) electrons. The van der Waals surface area contributed by atoms with Crippen LogP contribution in [-0.2, 0) is 5.60 Å². The second-order valence-corrected chi connectivity index (χ2v) is 4.36. The largest absolute Gasteiger partial charge is 0.384 e. The summed E-state index contributed by atoms with van der Waals surface area (Å²) in [6.07, 6.45) is 0. The van der Waals surface area contributed by atoms with Crippen molar-refractivity contribution in [3.63, 3.8) is 0 Å². The maximum Gasteiger partial charge on any atom is 0.102 e. The molecular weight excluding hydrogens is 230 g/mol. The SMILES string of the molecule is CC(N)C(C)(O)c1ccc(Br)cc1. The fraction of sp³-hybridized carbons (Fsp3) is 0.400. The van der Waals surface area contributed by atoms with Gasteiger partial charge >= 0.3 is 0 Å². The average molecular weight is 244 g/mol. The van der Waals surface area contributed by atoms with Gasteiger partial charge in [-0.05, 0) is 31.5 Å². The van der Waals surface area contributed by atoms with E-state index in [-0.39, 0.29) is 6.04 Å². The van der Waals surface area contributed by atoms with E-state index in [0.717, 1.165) is 10.0 Å². The summed E-state index contributed by atoms with van der Waals surface area (Å²) in [6.45, 7) is 3.52. The lowest BCUT2D eigenvalue weighted by molar-refractivity contribution is 0.0349. The summed E-state index contributed by atoms with van der Waals surface area (Å²) < 4.78 is 0.997. The minimum atomic E-state index is -0.958. The van der Waals surface area contributed by atoms with Crippen molar-refractivity contribution in [3.05, 3.63) is 34.3 Å². The van der Waals surface area contributed by atoms with Gasteiger partial charge in [-0.2, -0.15) is 0 Å². The van der Waals surface area contributed by atoms with E-state index in [0.29, 0.717) is 0 Å². The van der Waals surface area contributed by atoms with Gasteiger partial charge in [0.2, 0.25) is 0 Å². The quantitative estimate of drug-likeness (QED) is 0.835. The normalized spacial score (nSPS) is 17.9. The Balaban J connectivity index is 3.01. The Kier molecular flexibility index (Phi) is 3.11. The molecule has 0 saturated heterocycles. The lowest BCUT2D eigenvalue weighted by Gasteiger charge is -2.27. The summed E-state index contributed by atoms with van der Waals surface area (Å²) in [7, 11) is 0. The standard InChI is InChI=1S/C10H14BrNO/c1-7(12)10(2,13)8-3-5-9(11)6-4-8/h3-7,13H,12H2,1-2H3. The number of hydrogen-bond donors (Lipinski definition) is 2. The minimum absolute atomic E-state index is 0.284. The van der Waals surface area contributed by atoms with Gasteiger partial charge in [0.15, 0.2) is 0 Å². The van der Waals surface area contributed by atoms with Crippen LogP contribution in [-0.4, -0.2) is 11.1 Å². The van der Waals surface area contributed by atoms with Gasteiger partial charge < -0.3 is 10.8 Å². The third-order valence-corrected chi connectivity index (χ3v) is 2.84. The van der Waals surface area contributed by atoms with E-state index in [1.807, 2.05) is 24.3 Å². The van der Waals surface area contributed by atoms with Gasteiger partial charge in [0, 0.05) is 10.5 Å². The van der Waals surface area contributed by atoms with Gasteiger partial charge in [-0.25, -0.2) is 0 Å². The Morgan fingerprint density at radius 3 is 2.23 bits per heavy atom. The first-order valence-electron chi connectivity index (χ1n) is 4.18. The number of hydrogen-bond acceptors (Lipinski definition) is 2. The maximum atomic E-state index is 10.0. The fourth-order valence-electron chi connectivity index (χ4n) is 1.05. The zero-order chi connectivity index (χ0) is 10.1. The second kappa shape index (κ2) is 3.78. The smallest absolute Gasteiger partial charge is 0.102 e. The topological polar surface area (TPSA) is 46.2 Å². The van der Waals surface area contributed by atoms with E-state index in [9.17, 15) is 5.11 Å². The number of halogens is 1. The summed E-state index contributed by atoms with van der Waals surface area (Å²) in [5.41, 5.74) is 5.56. The molecule has 0 saturated carbocycles. The average Bonchev–Trinajstić information content (AvgIpc) is 2.04. The van der Waals surface area contributed by atoms with Gasteiger partial charge in [-0.1, -0.05) is 28.1 Å². The lowest BCUT2D eigenvalue weighted by atomic mass is 9.90. The monoisotopic (exact) mass is 243 g/mol. The van der Waals surface area contributed by atoms with E-state index >= 15 is 0 Å². The highest BCUT2D eigenvalue weighted by Gasteiger charge is 2.27. The summed E-state index contributed by atoms with van der Waals surface area (Å²) >= 11 is 3.34. The molecule has 3 heteroatoms. The van der Waals surface area contributed by atoms with Gasteiger partial charge in [0.1, 0.15) is 5.60 Å². The molecule has 0 amide bonds. The van der Waals surface area contributed by atoms with Crippen molar-refractivity contribution in [2.75, 3.05) is 0 Å². The van der Waals surface area contributed by atoms with Crippen LogP contribution in [0.5, 0.6) is 0 Å². The molecule has 3 N–H and O–H groups in total. The molecule has 2 nitrogen and oxygen atoms in total. The predicted molar refractivity (Wildman–Crippen MR) is 57.4 cm³/mol. The van der Waals surface area contributed by atoms with Crippen molar-refractivity contribution in [3.8, 4) is 0 Å². The fourth-order valence-corrected chi connectivity index (χ4v) is 1.31. The highest BCUT2D eigenvalue weighted by atomic mass is 79.9. The van der Waals surface area contributed by atoms with E-state index in [4.69, 9.17) is 5.73 Å². The molecule has 0 fully saturated rings. The van der Waals surface area contributed by atoms with Crippen molar-refractivity contribution in [2.24, 2.45) is 5.73 Å². The number of rotatable bonds is 2. The van der Waals surface area contributed by atoms with E-state index < -0.39 is 5.60 Å². The molecule has 2 unspecified atom stereocenters. The highest BCUT2D eigenvalue weighted by molar-refractivity contribution is 9.10. The first-order valence-corrected chi connectivity index (χ1v) is 4.98. The Morgan fingerprint density at radius 1 is 1.38 bits per heavy atom. The second-order valence-electron chi connectivity index (χ2n) is 3.44. The van der Waals surface area contributed by atoms with Gasteiger partial charge in [0.05, 0.1) is 0 Å². The van der Waals surface area contributed by atoms with Gasteiger partial charge in [0.25, 0.3) is 0 Å². The molecule has 0 spiro atoms. The predicted octanol–water partition coefficient (Wildman–Crippen LogP) is 2.00. The van der Waals surface area contributed by atoms with Crippen LogP contribution in [0.1, 0.15) is 19.4 Å². The molecule has 0 aliphatic carbocycles. The number of aliphatic hydroxyl groups is 1. The molecule has 0 aliphatic heterocycles. The van der Waals surface area contributed by atoms with Crippen molar-refractivity contribution in [2.45, 2.75) is 25.5 Å². The molecule has 1 rings (SSSR count). The first kappa shape index (κ1) is 10.7. The van der Waals surface area contributed by atoms with Crippen LogP contribution < -0.4 is 5.73 Å². The van der Waals surface area contributed by atoms with Crippen molar-refractivity contribution >= 4 is 15.9 Å². The molecule has 72 valence electrons. The molecule has 1 aromatic rings. The summed E-state index contributed by atoms with van der Waals surface area (Å²) in [5, 5.41) is 10.0. The minimum Gasteiger partial charge on any atom is -0.384 e. The molecular formula is C10H14BrNO. The van der Waals surface area contributed by atoms with Crippen LogP contribution in [0.4, 0.5) is 0 Å². The number of benzene rings is 1. The van der Waals surface area contributed by atoms with Crippen molar-refractivity contribution in [1.82, 2.24) is 0 Å². The van der Waals surface area contributed by atoms with Crippen LogP contribution in [0.25, 0.3) is 0 Å². The van der Waals surface area contributed by atoms with Crippen LogP contribution >= 0.6 is 15.9 Å². The molecule has 0 bridgehead atoms. The molecule has 0 aliphatic rings. The number of nitrogens with two attached hydrogens (primary N) is 1.